The number of hydrogen-bond donors (Lipinski definition) is 1. The first-order chi connectivity index (χ1) is 13.6. The number of aromatic nitrogens is 2. The summed E-state index contributed by atoms with van der Waals surface area (Å²) in [6.07, 6.45) is 3.65. The highest BCUT2D eigenvalue weighted by Crippen LogP contribution is 2.27. The van der Waals surface area contributed by atoms with Crippen LogP contribution in [0.1, 0.15) is 5.56 Å². The first kappa shape index (κ1) is 19.8. The molecule has 3 rings (SSSR count). The van der Waals surface area contributed by atoms with E-state index in [0.29, 0.717) is 6.54 Å². The third kappa shape index (κ3) is 4.84. The van der Waals surface area contributed by atoms with Gasteiger partial charge in [-0.1, -0.05) is 35.5 Å². The largest absolute Gasteiger partial charge is 0.497 e. The van der Waals surface area contributed by atoms with Gasteiger partial charge in [-0.15, -0.1) is 6.58 Å². The number of rotatable bonds is 8. The van der Waals surface area contributed by atoms with Gasteiger partial charge >= 0.3 is 0 Å². The first-order valence-electron chi connectivity index (χ1n) is 8.91. The fraction of sp³-hybridized carbons (Fsp3) is 0.182. The summed E-state index contributed by atoms with van der Waals surface area (Å²) in [6.45, 7) is 6.47. The summed E-state index contributed by atoms with van der Waals surface area (Å²) in [4.78, 5) is 16.8. The Bertz CT molecular complexity index is 947. The smallest absolute Gasteiger partial charge is 0.234 e. The quantitative estimate of drug-likeness (QED) is 0.442. The van der Waals surface area contributed by atoms with Crippen LogP contribution in [-0.2, 0) is 11.3 Å². The van der Waals surface area contributed by atoms with Crippen LogP contribution in [0.4, 0.5) is 5.69 Å². The number of benzene rings is 2. The molecule has 144 valence electrons. The molecule has 0 saturated carbocycles. The summed E-state index contributed by atoms with van der Waals surface area (Å²) in [5.41, 5.74) is 3.96. The van der Waals surface area contributed by atoms with Crippen molar-refractivity contribution in [1.82, 2.24) is 9.55 Å². The van der Waals surface area contributed by atoms with Crippen LogP contribution < -0.4 is 10.1 Å². The number of hydrogen-bond acceptors (Lipinski definition) is 4. The van der Waals surface area contributed by atoms with Gasteiger partial charge in [-0.25, -0.2) is 4.98 Å². The minimum atomic E-state index is -0.0620. The number of thioether (sulfide) groups is 1. The van der Waals surface area contributed by atoms with Gasteiger partial charge in [-0.05, 0) is 43.3 Å². The third-order valence-electron chi connectivity index (χ3n) is 4.18. The minimum absolute atomic E-state index is 0.0620. The maximum Gasteiger partial charge on any atom is 0.234 e. The highest BCUT2D eigenvalue weighted by Gasteiger charge is 2.13. The Morgan fingerprint density at radius 3 is 2.57 bits per heavy atom. The zero-order chi connectivity index (χ0) is 19.9. The highest BCUT2D eigenvalue weighted by atomic mass is 32.2. The van der Waals surface area contributed by atoms with Gasteiger partial charge < -0.3 is 14.6 Å². The molecule has 0 radical (unpaired) electrons. The van der Waals surface area contributed by atoms with Crippen molar-refractivity contribution in [3.8, 4) is 17.0 Å². The lowest BCUT2D eigenvalue weighted by atomic mass is 10.1. The first-order valence-corrected chi connectivity index (χ1v) is 9.89. The molecule has 28 heavy (non-hydrogen) atoms. The minimum Gasteiger partial charge on any atom is -0.497 e. The van der Waals surface area contributed by atoms with Crippen molar-refractivity contribution in [2.75, 3.05) is 18.2 Å². The van der Waals surface area contributed by atoms with Crippen molar-refractivity contribution in [2.45, 2.75) is 18.6 Å². The zero-order valence-corrected chi connectivity index (χ0v) is 16.8. The number of methoxy groups -OCH3 is 1. The molecule has 1 N–H and O–H groups in total. The number of nitrogens with zero attached hydrogens (tertiary/aromatic N) is 2. The van der Waals surface area contributed by atoms with Crippen LogP contribution in [0.3, 0.4) is 0 Å². The van der Waals surface area contributed by atoms with Crippen LogP contribution >= 0.6 is 11.8 Å². The molecule has 0 unspecified atom stereocenters. The van der Waals surface area contributed by atoms with Gasteiger partial charge in [-0.3, -0.25) is 4.79 Å². The Morgan fingerprint density at radius 1 is 1.21 bits per heavy atom. The molecule has 6 heteroatoms. The van der Waals surface area contributed by atoms with Crippen molar-refractivity contribution in [2.24, 2.45) is 0 Å². The standard InChI is InChI=1S/C22H23N3O2S/c1-4-13-25-20(17-7-11-19(27-3)12-8-17)14-23-22(25)28-15-21(26)24-18-9-5-16(2)6-10-18/h4-12,14H,1,13,15H2,2-3H3,(H,24,26). The van der Waals surface area contributed by atoms with Crippen LogP contribution in [-0.4, -0.2) is 28.3 Å². The summed E-state index contributed by atoms with van der Waals surface area (Å²) < 4.78 is 7.28. The molecule has 0 aliphatic carbocycles. The molecule has 0 saturated heterocycles. The molecule has 1 heterocycles. The second-order valence-corrected chi connectivity index (χ2v) is 7.20. The predicted octanol–water partition coefficient (Wildman–Crippen LogP) is 4.78. The highest BCUT2D eigenvalue weighted by molar-refractivity contribution is 7.99. The van der Waals surface area contributed by atoms with Crippen molar-refractivity contribution in [3.63, 3.8) is 0 Å². The molecule has 3 aromatic rings. The van der Waals surface area contributed by atoms with Gasteiger partial charge in [-0.2, -0.15) is 0 Å². The maximum absolute atomic E-state index is 12.3. The van der Waals surface area contributed by atoms with E-state index < -0.39 is 0 Å². The lowest BCUT2D eigenvalue weighted by Crippen LogP contribution is -2.14. The normalized spacial score (nSPS) is 10.5. The monoisotopic (exact) mass is 393 g/mol. The second kappa shape index (κ2) is 9.28. The van der Waals surface area contributed by atoms with E-state index in [1.807, 2.05) is 67.7 Å². The van der Waals surface area contributed by atoms with E-state index in [4.69, 9.17) is 4.74 Å². The topological polar surface area (TPSA) is 56.2 Å². The number of allylic oxidation sites excluding steroid dienone is 1. The van der Waals surface area contributed by atoms with Crippen molar-refractivity contribution in [3.05, 3.63) is 72.9 Å². The summed E-state index contributed by atoms with van der Waals surface area (Å²) in [6, 6.07) is 15.6. The average Bonchev–Trinajstić information content (AvgIpc) is 3.11. The van der Waals surface area contributed by atoms with Gasteiger partial charge in [0, 0.05) is 17.8 Å². The van der Waals surface area contributed by atoms with Crippen LogP contribution in [0.2, 0.25) is 0 Å². The Kier molecular flexibility index (Phi) is 6.55. The van der Waals surface area contributed by atoms with Gasteiger partial charge in [0.15, 0.2) is 5.16 Å². The van der Waals surface area contributed by atoms with E-state index in [-0.39, 0.29) is 11.7 Å². The van der Waals surface area contributed by atoms with E-state index in [9.17, 15) is 4.79 Å². The molecule has 0 aliphatic heterocycles. The SMILES string of the molecule is C=CCn1c(-c2ccc(OC)cc2)cnc1SCC(=O)Nc1ccc(C)cc1. The molecule has 0 spiro atoms. The fourth-order valence-corrected chi connectivity index (χ4v) is 3.52. The number of imidazole rings is 1. The number of amides is 1. The molecule has 2 aromatic carbocycles. The van der Waals surface area contributed by atoms with Crippen LogP contribution in [0.25, 0.3) is 11.3 Å². The van der Waals surface area contributed by atoms with E-state index >= 15 is 0 Å². The average molecular weight is 394 g/mol. The van der Waals surface area contributed by atoms with Crippen molar-refractivity contribution >= 4 is 23.4 Å². The summed E-state index contributed by atoms with van der Waals surface area (Å²) in [5.74, 6) is 1.03. The van der Waals surface area contributed by atoms with Gasteiger partial charge in [0.2, 0.25) is 5.91 Å². The number of anilines is 1. The van der Waals surface area contributed by atoms with Crippen LogP contribution in [0.5, 0.6) is 5.75 Å². The Labute approximate surface area is 169 Å². The molecule has 0 aliphatic rings. The van der Waals surface area contributed by atoms with Gasteiger partial charge in [0.1, 0.15) is 5.75 Å². The Balaban J connectivity index is 1.70. The molecule has 1 aromatic heterocycles. The summed E-state index contributed by atoms with van der Waals surface area (Å²) in [7, 11) is 1.65. The lowest BCUT2D eigenvalue weighted by Gasteiger charge is -2.10. The predicted molar refractivity (Wildman–Crippen MR) is 115 cm³/mol. The fourth-order valence-electron chi connectivity index (χ4n) is 2.74. The van der Waals surface area contributed by atoms with E-state index in [0.717, 1.165) is 33.4 Å². The Hall–Kier alpha value is -2.99. The number of carbonyl (C=O) groups is 1. The summed E-state index contributed by atoms with van der Waals surface area (Å²) >= 11 is 1.41. The molecule has 1 amide bonds. The van der Waals surface area contributed by atoms with Crippen molar-refractivity contribution in [1.29, 1.82) is 0 Å². The van der Waals surface area contributed by atoms with E-state index in [2.05, 4.69) is 21.4 Å². The molecule has 0 bridgehead atoms. The number of nitrogens with one attached hydrogen (secondary N) is 1. The van der Waals surface area contributed by atoms with E-state index in [1.54, 1.807) is 7.11 Å². The summed E-state index contributed by atoms with van der Waals surface area (Å²) in [5, 5.41) is 3.69. The number of carbonyl (C=O) groups excluding carboxylic acids is 1. The second-order valence-electron chi connectivity index (χ2n) is 6.26. The van der Waals surface area contributed by atoms with Crippen LogP contribution in [0, 0.1) is 6.92 Å². The van der Waals surface area contributed by atoms with Crippen molar-refractivity contribution < 1.29 is 9.53 Å². The van der Waals surface area contributed by atoms with Gasteiger partial charge in [0.25, 0.3) is 0 Å². The van der Waals surface area contributed by atoms with E-state index in [1.165, 1.54) is 11.8 Å². The van der Waals surface area contributed by atoms with Gasteiger partial charge in [0.05, 0.1) is 24.8 Å². The third-order valence-corrected chi connectivity index (χ3v) is 5.17. The zero-order valence-electron chi connectivity index (χ0n) is 16.0. The molecule has 0 fully saturated rings. The molecule has 5 nitrogen and oxygen atoms in total. The molecular weight excluding hydrogens is 370 g/mol. The molecular formula is C22H23N3O2S. The van der Waals surface area contributed by atoms with Crippen LogP contribution in [0.15, 0.2) is 72.5 Å². The molecule has 0 atom stereocenters. The number of ether oxygens (including phenoxy) is 1. The Morgan fingerprint density at radius 2 is 1.93 bits per heavy atom. The lowest BCUT2D eigenvalue weighted by molar-refractivity contribution is -0.113. The number of aryl methyl sites for hydroxylation is 1. The maximum atomic E-state index is 12.3.